The zero-order chi connectivity index (χ0) is 14.9. The van der Waals surface area contributed by atoms with E-state index < -0.39 is 30.0 Å². The number of anilines is 1. The Labute approximate surface area is 114 Å². The number of nitrogen functional groups attached to an aromatic ring is 1. The van der Waals surface area contributed by atoms with Gasteiger partial charge in [0, 0.05) is 19.7 Å². The molecule has 1 saturated heterocycles. The number of primary amides is 1. The number of ether oxygens (including phenoxy) is 2. The first-order chi connectivity index (χ1) is 9.43. The van der Waals surface area contributed by atoms with Crippen molar-refractivity contribution >= 4 is 11.7 Å². The molecule has 0 spiro atoms. The van der Waals surface area contributed by atoms with Gasteiger partial charge in [-0.1, -0.05) is 0 Å². The summed E-state index contributed by atoms with van der Waals surface area (Å²) in [5, 5.41) is 9.82. The smallest absolute Gasteiger partial charge is 0.351 e. The second-order valence-corrected chi connectivity index (χ2v) is 4.48. The van der Waals surface area contributed by atoms with Gasteiger partial charge in [0.25, 0.3) is 5.91 Å². The van der Waals surface area contributed by atoms with Crippen LogP contribution < -0.4 is 17.2 Å². The van der Waals surface area contributed by atoms with Gasteiger partial charge >= 0.3 is 5.69 Å². The molecule has 2 heterocycles. The number of aliphatic hydroxyl groups excluding tert-OH is 1. The van der Waals surface area contributed by atoms with Gasteiger partial charge in [-0.2, -0.15) is 4.98 Å². The highest BCUT2D eigenvalue weighted by Gasteiger charge is 2.35. The Balaban J connectivity index is 2.32. The van der Waals surface area contributed by atoms with Gasteiger partial charge in [0.05, 0.1) is 18.3 Å². The fourth-order valence-electron chi connectivity index (χ4n) is 2.08. The fourth-order valence-corrected chi connectivity index (χ4v) is 2.08. The van der Waals surface area contributed by atoms with Crippen LogP contribution in [-0.4, -0.2) is 46.5 Å². The molecule has 1 fully saturated rings. The van der Waals surface area contributed by atoms with E-state index in [9.17, 15) is 14.7 Å². The minimum atomic E-state index is -0.796. The average Bonchev–Trinajstić information content (AvgIpc) is 2.71. The van der Waals surface area contributed by atoms with Crippen molar-refractivity contribution < 1.29 is 19.4 Å². The van der Waals surface area contributed by atoms with Crippen LogP contribution in [0.1, 0.15) is 23.0 Å². The Morgan fingerprint density at radius 3 is 3.00 bits per heavy atom. The lowest BCUT2D eigenvalue weighted by Gasteiger charge is -2.16. The maximum Gasteiger partial charge on any atom is 0.351 e. The lowest BCUT2D eigenvalue weighted by molar-refractivity contribution is -0.0546. The van der Waals surface area contributed by atoms with Gasteiger partial charge < -0.3 is 26.0 Å². The van der Waals surface area contributed by atoms with Crippen molar-refractivity contribution in [1.82, 2.24) is 9.55 Å². The minimum Gasteiger partial charge on any atom is -0.390 e. The first-order valence-corrected chi connectivity index (χ1v) is 5.95. The number of carbonyl (C=O) groups excluding carboxylic acids is 1. The Kier molecular flexibility index (Phi) is 4.02. The Morgan fingerprint density at radius 2 is 2.40 bits per heavy atom. The van der Waals surface area contributed by atoms with Crippen LogP contribution in [0.15, 0.2) is 11.0 Å². The quantitative estimate of drug-likeness (QED) is 0.593. The van der Waals surface area contributed by atoms with Crippen LogP contribution in [0.5, 0.6) is 0 Å². The number of carbonyl (C=O) groups is 1. The maximum atomic E-state index is 11.8. The fraction of sp³-hybridized carbons (Fsp3) is 0.545. The van der Waals surface area contributed by atoms with E-state index in [1.54, 1.807) is 0 Å². The molecule has 1 aliphatic rings. The molecule has 2 rings (SSSR count). The first kappa shape index (κ1) is 14.4. The predicted octanol–water partition coefficient (Wildman–Crippen LogP) is -1.78. The number of hydrogen-bond acceptors (Lipinski definition) is 7. The number of hydrogen-bond donors (Lipinski definition) is 3. The summed E-state index contributed by atoms with van der Waals surface area (Å²) < 4.78 is 11.5. The number of methoxy groups -OCH3 is 1. The number of rotatable bonds is 4. The zero-order valence-electron chi connectivity index (χ0n) is 10.9. The van der Waals surface area contributed by atoms with Gasteiger partial charge in [0.1, 0.15) is 18.1 Å². The summed E-state index contributed by atoms with van der Waals surface area (Å²) >= 11 is 0. The van der Waals surface area contributed by atoms with Crippen LogP contribution >= 0.6 is 0 Å². The lowest BCUT2D eigenvalue weighted by atomic mass is 10.2. The van der Waals surface area contributed by atoms with Crippen molar-refractivity contribution in [2.75, 3.05) is 19.5 Å². The van der Waals surface area contributed by atoms with Crippen molar-refractivity contribution in [3.63, 3.8) is 0 Å². The van der Waals surface area contributed by atoms with Crippen molar-refractivity contribution in [1.29, 1.82) is 0 Å². The van der Waals surface area contributed by atoms with Crippen LogP contribution in [0.2, 0.25) is 0 Å². The highest BCUT2D eigenvalue weighted by molar-refractivity contribution is 5.96. The van der Waals surface area contributed by atoms with Gasteiger partial charge in [0.2, 0.25) is 0 Å². The summed E-state index contributed by atoms with van der Waals surface area (Å²) in [6, 6.07) is 0. The van der Waals surface area contributed by atoms with Crippen LogP contribution in [-0.2, 0) is 9.47 Å². The molecule has 3 atom stereocenters. The largest absolute Gasteiger partial charge is 0.390 e. The molecule has 0 aliphatic carbocycles. The SMILES string of the molecule is COC[C@H]1O[C@@H](n2cc(C(N)=O)c(N)nc2=O)C[C@@H]1O. The van der Waals surface area contributed by atoms with Crippen LogP contribution in [0, 0.1) is 0 Å². The summed E-state index contributed by atoms with van der Waals surface area (Å²) in [4.78, 5) is 26.5. The molecule has 5 N–H and O–H groups in total. The molecule has 1 aromatic heterocycles. The third kappa shape index (κ3) is 2.64. The predicted molar refractivity (Wildman–Crippen MR) is 67.8 cm³/mol. The first-order valence-electron chi connectivity index (χ1n) is 5.95. The molecule has 0 bridgehead atoms. The van der Waals surface area contributed by atoms with E-state index in [0.29, 0.717) is 0 Å². The monoisotopic (exact) mass is 284 g/mol. The second-order valence-electron chi connectivity index (χ2n) is 4.48. The molecular formula is C11H16N4O5. The Hall–Kier alpha value is -1.97. The molecule has 1 aromatic rings. The molecule has 1 amide bonds. The van der Waals surface area contributed by atoms with E-state index in [1.807, 2.05) is 0 Å². The number of nitrogens with two attached hydrogens (primary N) is 2. The van der Waals surface area contributed by atoms with Gasteiger partial charge in [-0.05, 0) is 0 Å². The van der Waals surface area contributed by atoms with Crippen molar-refractivity contribution in [2.45, 2.75) is 24.9 Å². The summed E-state index contributed by atoms with van der Waals surface area (Å²) in [6.45, 7) is 0.192. The summed E-state index contributed by atoms with van der Waals surface area (Å²) in [7, 11) is 1.48. The Bertz CT molecular complexity index is 572. The van der Waals surface area contributed by atoms with E-state index in [0.717, 1.165) is 4.57 Å². The standard InChI is InChI=1S/C11H16N4O5/c1-19-4-7-6(16)2-8(20-7)15-3-5(10(13)17)9(12)14-11(15)18/h3,6-8,16H,2,4H2,1H3,(H2,13,17)(H2,12,14,18)/t6-,7+,8+/m0/s1. The van der Waals surface area contributed by atoms with E-state index in [2.05, 4.69) is 4.98 Å². The molecule has 9 nitrogen and oxygen atoms in total. The summed E-state index contributed by atoms with van der Waals surface area (Å²) in [5.41, 5.74) is 9.86. The van der Waals surface area contributed by atoms with E-state index in [4.69, 9.17) is 20.9 Å². The van der Waals surface area contributed by atoms with Crippen LogP contribution in [0.25, 0.3) is 0 Å². The number of amides is 1. The third-order valence-corrected chi connectivity index (χ3v) is 3.09. The van der Waals surface area contributed by atoms with Crippen molar-refractivity contribution in [3.05, 3.63) is 22.2 Å². The topological polar surface area (TPSA) is 143 Å². The molecule has 0 radical (unpaired) electrons. The second kappa shape index (κ2) is 5.57. The third-order valence-electron chi connectivity index (χ3n) is 3.09. The molecular weight excluding hydrogens is 268 g/mol. The molecule has 1 aliphatic heterocycles. The van der Waals surface area contributed by atoms with Crippen LogP contribution in [0.3, 0.4) is 0 Å². The average molecular weight is 284 g/mol. The number of aliphatic hydroxyl groups is 1. The summed E-state index contributed by atoms with van der Waals surface area (Å²) in [5.74, 6) is -1.03. The highest BCUT2D eigenvalue weighted by Crippen LogP contribution is 2.28. The Morgan fingerprint density at radius 1 is 1.70 bits per heavy atom. The van der Waals surface area contributed by atoms with Gasteiger partial charge in [-0.15, -0.1) is 0 Å². The highest BCUT2D eigenvalue weighted by atomic mass is 16.6. The van der Waals surface area contributed by atoms with Crippen molar-refractivity contribution in [3.8, 4) is 0 Å². The van der Waals surface area contributed by atoms with Crippen LogP contribution in [0.4, 0.5) is 5.82 Å². The van der Waals surface area contributed by atoms with Crippen molar-refractivity contribution in [2.24, 2.45) is 5.73 Å². The summed E-state index contributed by atoms with van der Waals surface area (Å²) in [6.07, 6.45) is -0.700. The number of nitrogens with zero attached hydrogens (tertiary/aromatic N) is 2. The molecule has 0 unspecified atom stereocenters. The molecule has 0 saturated carbocycles. The van der Waals surface area contributed by atoms with E-state index in [1.165, 1.54) is 13.3 Å². The molecule has 0 aromatic carbocycles. The molecule has 110 valence electrons. The van der Waals surface area contributed by atoms with E-state index >= 15 is 0 Å². The number of aromatic nitrogens is 2. The lowest BCUT2D eigenvalue weighted by Crippen LogP contribution is -2.31. The molecule has 9 heteroatoms. The van der Waals surface area contributed by atoms with Gasteiger partial charge in [0.15, 0.2) is 0 Å². The normalized spacial score (nSPS) is 25.8. The zero-order valence-corrected chi connectivity index (χ0v) is 10.9. The minimum absolute atomic E-state index is 0.0714. The van der Waals surface area contributed by atoms with Gasteiger partial charge in [-0.25, -0.2) is 4.79 Å². The van der Waals surface area contributed by atoms with Gasteiger partial charge in [-0.3, -0.25) is 9.36 Å². The maximum absolute atomic E-state index is 11.8. The molecule has 20 heavy (non-hydrogen) atoms. The van der Waals surface area contributed by atoms with E-state index in [-0.39, 0.29) is 24.4 Å².